The molecule has 0 saturated carbocycles. The number of piperidine rings is 1. The van der Waals surface area contributed by atoms with Crippen LogP contribution in [0.3, 0.4) is 0 Å². The van der Waals surface area contributed by atoms with Crippen LogP contribution < -0.4 is 20.9 Å². The molecular weight excluding hydrogens is 549 g/mol. The number of ketones is 1. The van der Waals surface area contributed by atoms with E-state index in [4.69, 9.17) is 0 Å². The van der Waals surface area contributed by atoms with Crippen LogP contribution in [0.5, 0.6) is 5.75 Å². The van der Waals surface area contributed by atoms with Gasteiger partial charge < -0.3 is 26.0 Å². The number of aromatic nitrogens is 1. The van der Waals surface area contributed by atoms with Crippen LogP contribution in [-0.2, 0) is 0 Å². The minimum absolute atomic E-state index is 0.0155. The lowest BCUT2D eigenvalue weighted by molar-refractivity contribution is 0.0882. The number of nitrogens with one attached hydrogen (secondary N) is 3. The van der Waals surface area contributed by atoms with Gasteiger partial charge in [0.1, 0.15) is 11.3 Å². The maximum atomic E-state index is 15.7. The number of hydrogen-bond acceptors (Lipinski definition) is 7. The van der Waals surface area contributed by atoms with Crippen molar-refractivity contribution in [3.63, 3.8) is 0 Å². The summed E-state index contributed by atoms with van der Waals surface area (Å²) in [6.07, 6.45) is 6.54. The third-order valence-corrected chi connectivity index (χ3v) is 8.27. The Kier molecular flexibility index (Phi) is 9.05. The molecule has 3 aromatic rings. The normalized spacial score (nSPS) is 20.1. The highest BCUT2D eigenvalue weighted by atomic mass is 19.1. The Hall–Kier alpha value is -4.31. The molecule has 5 rings (SSSR count). The number of phenols is 1. The molecule has 2 saturated heterocycles. The van der Waals surface area contributed by atoms with Gasteiger partial charge in [-0.3, -0.25) is 19.4 Å². The fourth-order valence-corrected chi connectivity index (χ4v) is 5.94. The quantitative estimate of drug-likeness (QED) is 0.308. The summed E-state index contributed by atoms with van der Waals surface area (Å²) in [5, 5.41) is 19.8. The molecule has 0 aliphatic carbocycles. The third kappa shape index (κ3) is 7.02. The first-order valence-electron chi connectivity index (χ1n) is 14.8. The predicted molar refractivity (Wildman–Crippen MR) is 162 cm³/mol. The summed E-state index contributed by atoms with van der Waals surface area (Å²) in [5.74, 6) is -2.43. The molecule has 10 heteroatoms. The Morgan fingerprint density at radius 3 is 2.28 bits per heavy atom. The molecule has 2 aliphatic heterocycles. The summed E-state index contributed by atoms with van der Waals surface area (Å²) in [5.41, 5.74) is 0.898. The molecule has 2 aromatic carbocycles. The number of carbonyl (C=O) groups is 3. The second-order valence-corrected chi connectivity index (χ2v) is 12.1. The molecule has 0 bridgehead atoms. The molecule has 2 atom stereocenters. The Balaban J connectivity index is 1.29. The summed E-state index contributed by atoms with van der Waals surface area (Å²) >= 11 is 0. The Bertz CT molecular complexity index is 1480. The van der Waals surface area contributed by atoms with E-state index >= 15 is 4.39 Å². The van der Waals surface area contributed by atoms with Crippen molar-refractivity contribution in [1.29, 1.82) is 0 Å². The van der Waals surface area contributed by atoms with Gasteiger partial charge in [0.2, 0.25) is 0 Å². The number of anilines is 1. The standard InChI is InChI=1S/C33H38FN5O4/c1-33(2)14-4-18-39(20-33)26-10-11-27(40)28(29(26)34)30(41)21-6-8-22(9-7-21)31(42)37-24-5-3-15-36-19-25(24)38-32(43)23-12-16-35-17-13-23/h6-13,16-17,24-25,36,40H,3-5,14-15,18-20H2,1-2H3,(H,37,42)(H,38,43)/t24-,25-/m1/s1. The molecule has 0 radical (unpaired) electrons. The van der Waals surface area contributed by atoms with Gasteiger partial charge in [-0.15, -0.1) is 0 Å². The van der Waals surface area contributed by atoms with Crippen molar-refractivity contribution >= 4 is 23.3 Å². The zero-order chi connectivity index (χ0) is 30.6. The second kappa shape index (κ2) is 12.9. The van der Waals surface area contributed by atoms with E-state index in [1.165, 1.54) is 36.4 Å². The van der Waals surface area contributed by atoms with Gasteiger partial charge in [-0.1, -0.05) is 26.0 Å². The molecule has 0 unspecified atom stereocenters. The van der Waals surface area contributed by atoms with E-state index in [-0.39, 0.29) is 40.4 Å². The van der Waals surface area contributed by atoms with Crippen molar-refractivity contribution < 1.29 is 23.9 Å². The Morgan fingerprint density at radius 1 is 0.930 bits per heavy atom. The van der Waals surface area contributed by atoms with Crippen LogP contribution in [-0.4, -0.2) is 66.0 Å². The van der Waals surface area contributed by atoms with Crippen LogP contribution in [0.15, 0.2) is 60.9 Å². The molecular formula is C33H38FN5O4. The number of halogens is 1. The first-order valence-corrected chi connectivity index (χ1v) is 14.8. The number of rotatable bonds is 7. The summed E-state index contributed by atoms with van der Waals surface area (Å²) in [6, 6.07) is 11.4. The SMILES string of the molecule is CC1(C)CCCN(c2ccc(O)c(C(=O)c3ccc(C(=O)N[C@@H]4CCCNC[C@H]4NC(=O)c4ccncc4)cc3)c2F)C1. The van der Waals surface area contributed by atoms with Gasteiger partial charge in [0.05, 0.1) is 17.8 Å². The van der Waals surface area contributed by atoms with Crippen molar-refractivity contribution in [1.82, 2.24) is 20.9 Å². The second-order valence-electron chi connectivity index (χ2n) is 12.1. The predicted octanol–water partition coefficient (Wildman–Crippen LogP) is 4.06. The number of amides is 2. The average molecular weight is 588 g/mol. The molecule has 2 aliphatic rings. The van der Waals surface area contributed by atoms with Crippen LogP contribution >= 0.6 is 0 Å². The van der Waals surface area contributed by atoms with E-state index < -0.39 is 17.3 Å². The van der Waals surface area contributed by atoms with Crippen molar-refractivity contribution in [3.8, 4) is 5.75 Å². The van der Waals surface area contributed by atoms with Crippen LogP contribution in [0.25, 0.3) is 0 Å². The van der Waals surface area contributed by atoms with Crippen LogP contribution in [0.1, 0.15) is 76.2 Å². The number of phenolic OH excluding ortho intramolecular Hbond substituents is 1. The Labute approximate surface area is 250 Å². The highest BCUT2D eigenvalue weighted by molar-refractivity contribution is 6.11. The van der Waals surface area contributed by atoms with Gasteiger partial charge in [0.15, 0.2) is 11.6 Å². The lowest BCUT2D eigenvalue weighted by atomic mass is 9.84. The molecule has 1 aromatic heterocycles. The number of pyridine rings is 1. The van der Waals surface area contributed by atoms with Gasteiger partial charge in [0, 0.05) is 48.7 Å². The highest BCUT2D eigenvalue weighted by Crippen LogP contribution is 2.36. The zero-order valence-corrected chi connectivity index (χ0v) is 24.5. The molecule has 0 spiro atoms. The van der Waals surface area contributed by atoms with E-state index in [0.29, 0.717) is 42.9 Å². The van der Waals surface area contributed by atoms with E-state index in [1.54, 1.807) is 24.5 Å². The van der Waals surface area contributed by atoms with Crippen LogP contribution in [0, 0.1) is 11.2 Å². The van der Waals surface area contributed by atoms with E-state index in [1.807, 2.05) is 4.90 Å². The maximum Gasteiger partial charge on any atom is 0.251 e. The van der Waals surface area contributed by atoms with Crippen molar-refractivity contribution in [2.75, 3.05) is 31.1 Å². The monoisotopic (exact) mass is 587 g/mol. The number of aromatic hydroxyl groups is 1. The van der Waals surface area contributed by atoms with E-state index in [2.05, 4.69) is 34.8 Å². The lowest BCUT2D eigenvalue weighted by Crippen LogP contribution is -2.54. The number of carbonyl (C=O) groups excluding carboxylic acids is 3. The number of hydrogen-bond donors (Lipinski definition) is 4. The zero-order valence-electron chi connectivity index (χ0n) is 24.5. The van der Waals surface area contributed by atoms with Gasteiger partial charge in [0.25, 0.3) is 11.8 Å². The van der Waals surface area contributed by atoms with Gasteiger partial charge in [-0.2, -0.15) is 0 Å². The van der Waals surface area contributed by atoms with Gasteiger partial charge >= 0.3 is 0 Å². The molecule has 2 amide bonds. The van der Waals surface area contributed by atoms with Crippen LogP contribution in [0.4, 0.5) is 10.1 Å². The molecule has 226 valence electrons. The van der Waals surface area contributed by atoms with Crippen LogP contribution in [0.2, 0.25) is 0 Å². The van der Waals surface area contributed by atoms with Crippen molar-refractivity contribution in [2.24, 2.45) is 5.41 Å². The topological polar surface area (TPSA) is 124 Å². The molecule has 43 heavy (non-hydrogen) atoms. The highest BCUT2D eigenvalue weighted by Gasteiger charge is 2.31. The summed E-state index contributed by atoms with van der Waals surface area (Å²) in [7, 11) is 0. The average Bonchev–Trinajstić information content (AvgIpc) is 3.21. The summed E-state index contributed by atoms with van der Waals surface area (Å²) in [4.78, 5) is 45.2. The molecule has 9 nitrogen and oxygen atoms in total. The molecule has 4 N–H and O–H groups in total. The summed E-state index contributed by atoms with van der Waals surface area (Å²) in [6.45, 7) is 6.86. The van der Waals surface area contributed by atoms with Crippen molar-refractivity contribution in [3.05, 3.63) is 89.0 Å². The smallest absolute Gasteiger partial charge is 0.251 e. The first kappa shape index (κ1) is 30.2. The van der Waals surface area contributed by atoms with E-state index in [9.17, 15) is 19.5 Å². The molecule has 2 fully saturated rings. The van der Waals surface area contributed by atoms with Crippen molar-refractivity contribution in [2.45, 2.75) is 51.6 Å². The lowest BCUT2D eigenvalue weighted by Gasteiger charge is -2.39. The third-order valence-electron chi connectivity index (χ3n) is 8.27. The van der Waals surface area contributed by atoms with E-state index in [0.717, 1.165) is 25.8 Å². The minimum atomic E-state index is -0.744. The number of nitrogens with zero attached hydrogens (tertiary/aromatic N) is 2. The fraction of sp³-hybridized carbons (Fsp3) is 0.394. The van der Waals surface area contributed by atoms with Gasteiger partial charge in [-0.25, -0.2) is 4.39 Å². The molecule has 3 heterocycles. The first-order chi connectivity index (χ1) is 20.6. The van der Waals surface area contributed by atoms with Gasteiger partial charge in [-0.05, 0) is 74.0 Å². The maximum absolute atomic E-state index is 15.7. The largest absolute Gasteiger partial charge is 0.507 e. The summed E-state index contributed by atoms with van der Waals surface area (Å²) < 4.78 is 15.7. The Morgan fingerprint density at radius 2 is 1.58 bits per heavy atom. The minimum Gasteiger partial charge on any atom is -0.507 e. The number of benzene rings is 2. The fourth-order valence-electron chi connectivity index (χ4n) is 5.94.